The Labute approximate surface area is 78.6 Å². The standard InChI is InChI=1S/C8H9BrN2O/c9-7-5-11(6-2-1-3-6)8(12)4-10-7/h4-6H,1-3H2. The fraction of sp³-hybridized carbons (Fsp3) is 0.500. The molecule has 0 N–H and O–H groups in total. The van der Waals surface area contributed by atoms with Crippen molar-refractivity contribution in [2.75, 3.05) is 0 Å². The van der Waals surface area contributed by atoms with Crippen LogP contribution < -0.4 is 5.56 Å². The molecule has 12 heavy (non-hydrogen) atoms. The zero-order valence-corrected chi connectivity index (χ0v) is 8.12. The summed E-state index contributed by atoms with van der Waals surface area (Å²) in [6, 6.07) is 0.414. The molecule has 1 heterocycles. The third-order valence-electron chi connectivity index (χ3n) is 2.27. The largest absolute Gasteiger partial charge is 0.308 e. The molecule has 4 heteroatoms. The Hall–Kier alpha value is -0.640. The van der Waals surface area contributed by atoms with Gasteiger partial charge in [-0.2, -0.15) is 0 Å². The van der Waals surface area contributed by atoms with Crippen molar-refractivity contribution in [1.82, 2.24) is 9.55 Å². The van der Waals surface area contributed by atoms with Gasteiger partial charge in [0.1, 0.15) is 4.60 Å². The average molecular weight is 229 g/mol. The fourth-order valence-corrected chi connectivity index (χ4v) is 1.67. The molecule has 0 bridgehead atoms. The molecular weight excluding hydrogens is 220 g/mol. The predicted octanol–water partition coefficient (Wildman–Crippen LogP) is 1.73. The maximum atomic E-state index is 11.3. The van der Waals surface area contributed by atoms with Crippen LogP contribution in [0.2, 0.25) is 0 Å². The Morgan fingerprint density at radius 2 is 2.33 bits per heavy atom. The molecule has 64 valence electrons. The quantitative estimate of drug-likeness (QED) is 0.734. The van der Waals surface area contributed by atoms with Gasteiger partial charge in [0, 0.05) is 12.2 Å². The van der Waals surface area contributed by atoms with Gasteiger partial charge < -0.3 is 4.57 Å². The molecule has 1 aliphatic carbocycles. The minimum atomic E-state index is 0.00269. The molecule has 0 aromatic carbocycles. The van der Waals surface area contributed by atoms with Crippen LogP contribution in [0.1, 0.15) is 25.3 Å². The number of rotatable bonds is 1. The van der Waals surface area contributed by atoms with Crippen LogP contribution in [0.3, 0.4) is 0 Å². The zero-order chi connectivity index (χ0) is 8.55. The molecule has 3 nitrogen and oxygen atoms in total. The molecule has 1 saturated carbocycles. The van der Waals surface area contributed by atoms with Crippen LogP contribution in [0.5, 0.6) is 0 Å². The second-order valence-electron chi connectivity index (χ2n) is 3.04. The van der Waals surface area contributed by atoms with E-state index in [-0.39, 0.29) is 5.56 Å². The summed E-state index contributed by atoms with van der Waals surface area (Å²) in [7, 11) is 0. The van der Waals surface area contributed by atoms with E-state index in [0.717, 1.165) is 17.4 Å². The van der Waals surface area contributed by atoms with Gasteiger partial charge in [-0.25, -0.2) is 4.98 Å². The first-order chi connectivity index (χ1) is 5.77. The van der Waals surface area contributed by atoms with Crippen molar-refractivity contribution in [3.63, 3.8) is 0 Å². The van der Waals surface area contributed by atoms with E-state index in [0.29, 0.717) is 6.04 Å². The summed E-state index contributed by atoms with van der Waals surface area (Å²) in [5.74, 6) is 0. The Morgan fingerprint density at radius 1 is 1.58 bits per heavy atom. The molecule has 0 spiro atoms. The third kappa shape index (κ3) is 1.31. The molecule has 0 saturated heterocycles. The number of hydrogen-bond acceptors (Lipinski definition) is 2. The van der Waals surface area contributed by atoms with Crippen molar-refractivity contribution in [3.8, 4) is 0 Å². The molecule has 1 aromatic rings. The Morgan fingerprint density at radius 3 is 2.92 bits per heavy atom. The fourth-order valence-electron chi connectivity index (χ4n) is 1.35. The second-order valence-corrected chi connectivity index (χ2v) is 3.85. The van der Waals surface area contributed by atoms with Gasteiger partial charge in [-0.1, -0.05) is 0 Å². The second kappa shape index (κ2) is 3.01. The van der Waals surface area contributed by atoms with Gasteiger partial charge in [0.25, 0.3) is 5.56 Å². The van der Waals surface area contributed by atoms with Crippen molar-refractivity contribution in [2.45, 2.75) is 25.3 Å². The molecule has 1 aliphatic rings. The van der Waals surface area contributed by atoms with Crippen molar-refractivity contribution in [2.24, 2.45) is 0 Å². The van der Waals surface area contributed by atoms with Gasteiger partial charge in [0.2, 0.25) is 0 Å². The van der Waals surface area contributed by atoms with Gasteiger partial charge >= 0.3 is 0 Å². The Kier molecular flexibility index (Phi) is 2.00. The number of nitrogens with zero attached hydrogens (tertiary/aromatic N) is 2. The smallest absolute Gasteiger partial charge is 0.269 e. The van der Waals surface area contributed by atoms with Gasteiger partial charge in [-0.15, -0.1) is 0 Å². The molecule has 0 aliphatic heterocycles. The molecular formula is C8H9BrN2O. The van der Waals surface area contributed by atoms with Crippen molar-refractivity contribution < 1.29 is 0 Å². The molecule has 0 unspecified atom stereocenters. The van der Waals surface area contributed by atoms with Gasteiger partial charge in [0.05, 0.1) is 6.20 Å². The highest BCUT2D eigenvalue weighted by Crippen LogP contribution is 2.30. The van der Waals surface area contributed by atoms with Crippen molar-refractivity contribution >= 4 is 15.9 Å². The van der Waals surface area contributed by atoms with E-state index in [1.54, 1.807) is 10.8 Å². The topological polar surface area (TPSA) is 34.9 Å². The summed E-state index contributed by atoms with van der Waals surface area (Å²) >= 11 is 3.25. The number of aromatic nitrogens is 2. The average Bonchev–Trinajstić information content (AvgIpc) is 1.93. The minimum Gasteiger partial charge on any atom is -0.308 e. The highest BCUT2D eigenvalue weighted by atomic mass is 79.9. The van der Waals surface area contributed by atoms with Gasteiger partial charge in [-0.3, -0.25) is 4.79 Å². The van der Waals surface area contributed by atoms with Crippen LogP contribution >= 0.6 is 15.9 Å². The third-order valence-corrected chi connectivity index (χ3v) is 2.68. The van der Waals surface area contributed by atoms with E-state index >= 15 is 0 Å². The monoisotopic (exact) mass is 228 g/mol. The maximum absolute atomic E-state index is 11.3. The Balaban J connectivity index is 2.40. The van der Waals surface area contributed by atoms with E-state index in [9.17, 15) is 4.79 Å². The number of halogens is 1. The highest BCUT2D eigenvalue weighted by Gasteiger charge is 2.20. The minimum absolute atomic E-state index is 0.00269. The highest BCUT2D eigenvalue weighted by molar-refractivity contribution is 9.10. The Bertz CT molecular complexity index is 343. The molecule has 2 rings (SSSR count). The van der Waals surface area contributed by atoms with E-state index in [2.05, 4.69) is 20.9 Å². The summed E-state index contributed by atoms with van der Waals surface area (Å²) in [4.78, 5) is 15.1. The SMILES string of the molecule is O=c1cnc(Br)cn1C1CCC1. The van der Waals surface area contributed by atoms with Gasteiger partial charge in [0.15, 0.2) is 0 Å². The lowest BCUT2D eigenvalue weighted by molar-refractivity contribution is 0.305. The first kappa shape index (κ1) is 7.98. The normalized spacial score (nSPS) is 17.4. The lowest BCUT2D eigenvalue weighted by Crippen LogP contribution is -2.28. The van der Waals surface area contributed by atoms with Gasteiger partial charge in [-0.05, 0) is 35.2 Å². The van der Waals surface area contributed by atoms with E-state index in [1.165, 1.54) is 12.6 Å². The first-order valence-electron chi connectivity index (χ1n) is 4.01. The van der Waals surface area contributed by atoms with Crippen LogP contribution in [0.15, 0.2) is 21.8 Å². The van der Waals surface area contributed by atoms with Crippen molar-refractivity contribution in [1.29, 1.82) is 0 Å². The van der Waals surface area contributed by atoms with E-state index in [4.69, 9.17) is 0 Å². The van der Waals surface area contributed by atoms with Crippen LogP contribution in [0, 0.1) is 0 Å². The molecule has 0 atom stereocenters. The lowest BCUT2D eigenvalue weighted by atomic mass is 9.93. The number of hydrogen-bond donors (Lipinski definition) is 0. The summed E-state index contributed by atoms with van der Waals surface area (Å²) in [6.07, 6.45) is 6.61. The van der Waals surface area contributed by atoms with Crippen molar-refractivity contribution in [3.05, 3.63) is 27.4 Å². The first-order valence-corrected chi connectivity index (χ1v) is 4.80. The maximum Gasteiger partial charge on any atom is 0.269 e. The van der Waals surface area contributed by atoms with Crippen LogP contribution in [-0.4, -0.2) is 9.55 Å². The molecule has 1 fully saturated rings. The predicted molar refractivity (Wildman–Crippen MR) is 49.1 cm³/mol. The van der Waals surface area contributed by atoms with E-state index < -0.39 is 0 Å². The summed E-state index contributed by atoms with van der Waals surface area (Å²) in [5.41, 5.74) is 0.00269. The van der Waals surface area contributed by atoms with Crippen LogP contribution in [-0.2, 0) is 0 Å². The molecule has 0 amide bonds. The zero-order valence-electron chi connectivity index (χ0n) is 6.53. The molecule has 1 aromatic heterocycles. The lowest BCUT2D eigenvalue weighted by Gasteiger charge is -2.27. The summed E-state index contributed by atoms with van der Waals surface area (Å²) < 4.78 is 2.50. The summed E-state index contributed by atoms with van der Waals surface area (Å²) in [5, 5.41) is 0. The van der Waals surface area contributed by atoms with E-state index in [1.807, 2.05) is 0 Å². The van der Waals surface area contributed by atoms with Crippen LogP contribution in [0.4, 0.5) is 0 Å². The van der Waals surface area contributed by atoms with Crippen LogP contribution in [0.25, 0.3) is 0 Å². The molecule has 0 radical (unpaired) electrons. The summed E-state index contributed by atoms with van der Waals surface area (Å²) in [6.45, 7) is 0.